The maximum atomic E-state index is 13.9. The topological polar surface area (TPSA) is 42.4 Å². The van der Waals surface area contributed by atoms with E-state index in [1.807, 2.05) is 0 Å². The molecule has 2 fully saturated rings. The zero-order valence-corrected chi connectivity index (χ0v) is 15.2. The lowest BCUT2D eigenvalue weighted by atomic mass is 9.96. The summed E-state index contributed by atoms with van der Waals surface area (Å²) >= 11 is 0. The predicted octanol–water partition coefficient (Wildman–Crippen LogP) is 4.58. The summed E-state index contributed by atoms with van der Waals surface area (Å²) in [6, 6.07) is 4.75. The van der Waals surface area contributed by atoms with Crippen molar-refractivity contribution in [3.63, 3.8) is 0 Å². The number of alkyl halides is 6. The fourth-order valence-electron chi connectivity index (χ4n) is 4.49. The molecule has 2 unspecified atom stereocenters. The van der Waals surface area contributed by atoms with Gasteiger partial charge in [0.25, 0.3) is 0 Å². The Morgan fingerprint density at radius 2 is 1.90 bits per heavy atom. The van der Waals surface area contributed by atoms with Crippen molar-refractivity contribution >= 4 is 22.6 Å². The molecule has 0 N–H and O–H groups in total. The number of carbonyl (C=O) groups excluding carboxylic acids is 1. The summed E-state index contributed by atoms with van der Waals surface area (Å²) in [6.07, 6.45) is -8.48. The number of halogens is 6. The molecule has 1 aliphatic heterocycles. The molecule has 4 rings (SSSR count). The Labute approximate surface area is 161 Å². The van der Waals surface area contributed by atoms with E-state index in [1.54, 1.807) is 0 Å². The molecule has 2 atom stereocenters. The van der Waals surface area contributed by atoms with Gasteiger partial charge in [0.15, 0.2) is 0 Å². The standard InChI is InChI=1S/C19H16F6N2O2/c1-2-29-15(28)16-8-17(16,19(23,24)25)10-27(9-16)13-6-5-12(18(20,21)22)14-11(13)4-3-7-26-14/h3-7H,2,8-10H2,1H3. The predicted molar refractivity (Wildman–Crippen MR) is 91.1 cm³/mol. The van der Waals surface area contributed by atoms with Crippen LogP contribution in [0.4, 0.5) is 32.0 Å². The number of piperidine rings is 1. The van der Waals surface area contributed by atoms with Crippen LogP contribution in [0.2, 0.25) is 0 Å². The highest BCUT2D eigenvalue weighted by atomic mass is 19.4. The lowest BCUT2D eigenvalue weighted by Crippen LogP contribution is -2.35. The second-order valence-electron chi connectivity index (χ2n) is 7.44. The van der Waals surface area contributed by atoms with Crippen LogP contribution in [-0.2, 0) is 15.7 Å². The number of pyridine rings is 1. The van der Waals surface area contributed by atoms with E-state index >= 15 is 0 Å². The number of anilines is 1. The third kappa shape index (κ3) is 2.67. The number of hydrogen-bond donors (Lipinski definition) is 0. The summed E-state index contributed by atoms with van der Waals surface area (Å²) < 4.78 is 86.4. The second kappa shape index (κ2) is 5.99. The molecule has 29 heavy (non-hydrogen) atoms. The second-order valence-corrected chi connectivity index (χ2v) is 7.44. The number of ether oxygens (including phenoxy) is 1. The first kappa shape index (κ1) is 19.8. The van der Waals surface area contributed by atoms with Crippen LogP contribution in [0, 0.1) is 10.8 Å². The molecule has 0 radical (unpaired) electrons. The first-order valence-corrected chi connectivity index (χ1v) is 8.91. The van der Waals surface area contributed by atoms with Gasteiger partial charge in [-0.25, -0.2) is 0 Å². The number of fused-ring (bicyclic) bond motifs is 2. The number of esters is 1. The Morgan fingerprint density at radius 1 is 1.17 bits per heavy atom. The number of aromatic nitrogens is 1. The van der Waals surface area contributed by atoms with Gasteiger partial charge in [0.1, 0.15) is 10.8 Å². The van der Waals surface area contributed by atoms with Crippen LogP contribution in [0.15, 0.2) is 30.5 Å². The fraction of sp³-hybridized carbons (Fsp3) is 0.474. The highest BCUT2D eigenvalue weighted by Crippen LogP contribution is 2.75. The minimum Gasteiger partial charge on any atom is -0.465 e. The van der Waals surface area contributed by atoms with E-state index in [0.717, 1.165) is 12.1 Å². The minimum atomic E-state index is -4.66. The largest absolute Gasteiger partial charge is 0.465 e. The molecule has 1 aliphatic carbocycles. The van der Waals surface area contributed by atoms with Gasteiger partial charge in [0, 0.05) is 30.4 Å². The van der Waals surface area contributed by atoms with E-state index in [9.17, 15) is 31.1 Å². The van der Waals surface area contributed by atoms with Crippen LogP contribution < -0.4 is 4.90 Å². The van der Waals surface area contributed by atoms with E-state index in [-0.39, 0.29) is 36.2 Å². The third-order valence-corrected chi connectivity index (χ3v) is 5.92. The molecular weight excluding hydrogens is 402 g/mol. The summed E-state index contributed by atoms with van der Waals surface area (Å²) in [5.41, 5.74) is -5.13. The van der Waals surface area contributed by atoms with Crippen molar-refractivity contribution < 1.29 is 35.9 Å². The van der Waals surface area contributed by atoms with Gasteiger partial charge >= 0.3 is 18.3 Å². The highest BCUT2D eigenvalue weighted by molar-refractivity contribution is 5.95. The molecule has 1 saturated heterocycles. The Hall–Kier alpha value is -2.52. The lowest BCUT2D eigenvalue weighted by molar-refractivity contribution is -0.195. The Bertz CT molecular complexity index is 989. The Kier molecular flexibility index (Phi) is 4.09. The van der Waals surface area contributed by atoms with Crippen molar-refractivity contribution in [2.45, 2.75) is 25.7 Å². The maximum Gasteiger partial charge on any atom is 0.418 e. The molecular formula is C19H16F6N2O2. The van der Waals surface area contributed by atoms with Crippen molar-refractivity contribution in [2.75, 3.05) is 24.6 Å². The van der Waals surface area contributed by atoms with E-state index < -0.39 is 41.3 Å². The van der Waals surface area contributed by atoms with E-state index in [4.69, 9.17) is 4.74 Å². The fourth-order valence-corrected chi connectivity index (χ4v) is 4.49. The quantitative estimate of drug-likeness (QED) is 0.541. The molecule has 0 bridgehead atoms. The van der Waals surface area contributed by atoms with Gasteiger partial charge in [-0.05, 0) is 37.6 Å². The number of rotatable bonds is 3. The van der Waals surface area contributed by atoms with Gasteiger partial charge in [-0.1, -0.05) is 0 Å². The average molecular weight is 418 g/mol. The van der Waals surface area contributed by atoms with E-state index in [2.05, 4.69) is 4.98 Å². The summed E-state index contributed by atoms with van der Waals surface area (Å²) in [7, 11) is 0. The molecule has 4 nitrogen and oxygen atoms in total. The Morgan fingerprint density at radius 3 is 2.52 bits per heavy atom. The van der Waals surface area contributed by atoms with Crippen LogP contribution in [-0.4, -0.2) is 36.8 Å². The van der Waals surface area contributed by atoms with Gasteiger partial charge in [0.05, 0.1) is 17.7 Å². The van der Waals surface area contributed by atoms with Crippen LogP contribution in [0.1, 0.15) is 18.9 Å². The minimum absolute atomic E-state index is 0.0539. The zero-order valence-electron chi connectivity index (χ0n) is 15.2. The SMILES string of the molecule is CCOC(=O)C12CN(c3ccc(C(F)(F)F)c4ncccc34)CC1(C(F)(F)F)C2. The number of benzene rings is 1. The smallest absolute Gasteiger partial charge is 0.418 e. The maximum absolute atomic E-state index is 13.9. The summed E-state index contributed by atoms with van der Waals surface area (Å²) in [4.78, 5) is 17.5. The normalized spacial score (nSPS) is 26.5. The molecule has 156 valence electrons. The summed E-state index contributed by atoms with van der Waals surface area (Å²) in [6.45, 7) is 0.654. The van der Waals surface area contributed by atoms with E-state index in [1.165, 1.54) is 30.2 Å². The average Bonchev–Trinajstić information content (AvgIpc) is 3.18. The van der Waals surface area contributed by atoms with Gasteiger partial charge in [-0.2, -0.15) is 26.3 Å². The molecule has 1 saturated carbocycles. The number of carbonyl (C=O) groups is 1. The monoisotopic (exact) mass is 418 g/mol. The van der Waals surface area contributed by atoms with Crippen LogP contribution in [0.3, 0.4) is 0 Å². The molecule has 10 heteroatoms. The molecule has 1 aromatic carbocycles. The van der Waals surface area contributed by atoms with Crippen LogP contribution in [0.25, 0.3) is 10.9 Å². The first-order valence-electron chi connectivity index (χ1n) is 8.91. The zero-order chi connectivity index (χ0) is 21.2. The summed E-state index contributed by atoms with van der Waals surface area (Å²) in [5.74, 6) is -0.922. The van der Waals surface area contributed by atoms with Crippen molar-refractivity contribution in [1.82, 2.24) is 4.98 Å². The van der Waals surface area contributed by atoms with Gasteiger partial charge < -0.3 is 9.64 Å². The number of nitrogens with zero attached hydrogens (tertiary/aromatic N) is 2. The van der Waals surface area contributed by atoms with Crippen LogP contribution >= 0.6 is 0 Å². The van der Waals surface area contributed by atoms with Crippen molar-refractivity contribution in [2.24, 2.45) is 10.8 Å². The van der Waals surface area contributed by atoms with Gasteiger partial charge in [-0.15, -0.1) is 0 Å². The lowest BCUT2D eigenvalue weighted by Gasteiger charge is -2.26. The molecule has 2 aliphatic rings. The highest BCUT2D eigenvalue weighted by Gasteiger charge is 2.87. The van der Waals surface area contributed by atoms with Crippen molar-refractivity contribution in [1.29, 1.82) is 0 Å². The van der Waals surface area contributed by atoms with Crippen LogP contribution in [0.5, 0.6) is 0 Å². The van der Waals surface area contributed by atoms with E-state index in [0.29, 0.717) is 0 Å². The van der Waals surface area contributed by atoms with Gasteiger partial charge in [0.2, 0.25) is 0 Å². The summed E-state index contributed by atoms with van der Waals surface area (Å²) in [5, 5.41) is 0.0833. The molecule has 2 heterocycles. The molecule has 1 aromatic heterocycles. The molecule has 2 aromatic rings. The Balaban J connectivity index is 1.80. The third-order valence-electron chi connectivity index (χ3n) is 5.92. The van der Waals surface area contributed by atoms with Gasteiger partial charge in [-0.3, -0.25) is 9.78 Å². The number of hydrogen-bond acceptors (Lipinski definition) is 4. The molecule has 0 spiro atoms. The molecule has 0 amide bonds. The first-order chi connectivity index (χ1) is 13.5. The van der Waals surface area contributed by atoms with Crippen molar-refractivity contribution in [3.8, 4) is 0 Å². The van der Waals surface area contributed by atoms with Crippen molar-refractivity contribution in [3.05, 3.63) is 36.0 Å².